The third-order valence-corrected chi connectivity index (χ3v) is 2.09. The minimum absolute atomic E-state index is 0.655. The van der Waals surface area contributed by atoms with E-state index in [2.05, 4.69) is 5.32 Å². The van der Waals surface area contributed by atoms with Crippen LogP contribution in [-0.4, -0.2) is 23.2 Å². The summed E-state index contributed by atoms with van der Waals surface area (Å²) < 4.78 is 0. The Kier molecular flexibility index (Phi) is 1.94. The summed E-state index contributed by atoms with van der Waals surface area (Å²) in [6, 6.07) is 0. The van der Waals surface area contributed by atoms with Crippen LogP contribution in [0.5, 0.6) is 0 Å². The molecule has 1 aliphatic heterocycles. The van der Waals surface area contributed by atoms with Crippen LogP contribution in [0.3, 0.4) is 0 Å². The molecule has 0 aromatic carbocycles. The monoisotopic (exact) mass is 143 g/mol. The minimum atomic E-state index is -0.729. The second-order valence-corrected chi connectivity index (χ2v) is 3.02. The summed E-state index contributed by atoms with van der Waals surface area (Å²) in [6.45, 7) is 2.58. The van der Waals surface area contributed by atoms with Crippen LogP contribution in [0.1, 0.15) is 26.2 Å². The number of carboxylic acids is 1. The zero-order valence-corrected chi connectivity index (χ0v) is 6.18. The molecule has 58 valence electrons. The van der Waals surface area contributed by atoms with Gasteiger partial charge in [-0.2, -0.15) is 0 Å². The first-order chi connectivity index (χ1) is 4.65. The molecule has 2 N–H and O–H groups in total. The Morgan fingerprint density at radius 2 is 2.30 bits per heavy atom. The van der Waals surface area contributed by atoms with Crippen LogP contribution in [0.15, 0.2) is 0 Å². The summed E-state index contributed by atoms with van der Waals surface area (Å²) >= 11 is 0. The molecule has 1 rings (SSSR count). The average molecular weight is 143 g/mol. The highest BCUT2D eigenvalue weighted by molar-refractivity contribution is 5.78. The molecule has 0 aliphatic carbocycles. The lowest BCUT2D eigenvalue weighted by atomic mass is 9.91. The molecule has 0 bridgehead atoms. The molecule has 1 aliphatic rings. The molecule has 1 fully saturated rings. The van der Waals surface area contributed by atoms with E-state index < -0.39 is 11.5 Å². The van der Waals surface area contributed by atoms with Crippen molar-refractivity contribution < 1.29 is 9.90 Å². The number of carbonyl (C=O) groups is 1. The molecule has 0 aromatic rings. The van der Waals surface area contributed by atoms with Crippen molar-refractivity contribution in [3.8, 4) is 0 Å². The van der Waals surface area contributed by atoms with Gasteiger partial charge in [-0.25, -0.2) is 0 Å². The number of nitrogens with one attached hydrogen (secondary N) is 1. The van der Waals surface area contributed by atoms with Crippen molar-refractivity contribution in [1.29, 1.82) is 0 Å². The van der Waals surface area contributed by atoms with Crippen molar-refractivity contribution in [2.75, 3.05) is 6.54 Å². The van der Waals surface area contributed by atoms with Crippen LogP contribution in [0.25, 0.3) is 0 Å². The molecule has 0 radical (unpaired) electrons. The third kappa shape index (κ3) is 1.29. The predicted octanol–water partition coefficient (Wildman–Crippen LogP) is 0.603. The van der Waals surface area contributed by atoms with Gasteiger partial charge in [0.05, 0.1) is 0 Å². The maximum Gasteiger partial charge on any atom is 0.323 e. The molecule has 0 aromatic heterocycles. The molecule has 1 atom stereocenters. The van der Waals surface area contributed by atoms with Gasteiger partial charge in [0, 0.05) is 0 Å². The predicted molar refractivity (Wildman–Crippen MR) is 37.9 cm³/mol. The Hall–Kier alpha value is -0.570. The smallest absolute Gasteiger partial charge is 0.323 e. The van der Waals surface area contributed by atoms with Gasteiger partial charge in [0.2, 0.25) is 0 Å². The van der Waals surface area contributed by atoms with Crippen molar-refractivity contribution >= 4 is 5.97 Å². The Morgan fingerprint density at radius 3 is 2.60 bits per heavy atom. The number of hydrogen-bond donors (Lipinski definition) is 2. The van der Waals surface area contributed by atoms with E-state index in [0.29, 0.717) is 0 Å². The zero-order chi connectivity index (χ0) is 7.61. The topological polar surface area (TPSA) is 49.3 Å². The van der Waals surface area contributed by atoms with E-state index in [9.17, 15) is 4.79 Å². The zero-order valence-electron chi connectivity index (χ0n) is 6.18. The first-order valence-corrected chi connectivity index (χ1v) is 3.63. The summed E-state index contributed by atoms with van der Waals surface area (Å²) in [5.41, 5.74) is -0.655. The van der Waals surface area contributed by atoms with Crippen molar-refractivity contribution in [2.45, 2.75) is 31.7 Å². The highest BCUT2D eigenvalue weighted by Gasteiger charge is 2.33. The number of carboxylic acid groups (broad SMARTS) is 1. The van der Waals surface area contributed by atoms with Crippen molar-refractivity contribution in [3.63, 3.8) is 0 Å². The van der Waals surface area contributed by atoms with Crippen molar-refractivity contribution in [3.05, 3.63) is 0 Å². The SMILES string of the molecule is CC1(C(=O)O)CCCCN1. The molecule has 10 heavy (non-hydrogen) atoms. The molecule has 3 nitrogen and oxygen atoms in total. The molecular weight excluding hydrogens is 130 g/mol. The maximum absolute atomic E-state index is 10.6. The average Bonchev–Trinajstić information content (AvgIpc) is 1.89. The largest absolute Gasteiger partial charge is 0.480 e. The first-order valence-electron chi connectivity index (χ1n) is 3.63. The summed E-state index contributed by atoms with van der Waals surface area (Å²) in [5.74, 6) is -0.729. The molecule has 0 spiro atoms. The standard InChI is InChI=1S/C7H13NO2/c1-7(6(9)10)4-2-3-5-8-7/h8H,2-5H2,1H3,(H,9,10). The lowest BCUT2D eigenvalue weighted by Crippen LogP contribution is -2.52. The van der Waals surface area contributed by atoms with Crippen LogP contribution in [0.2, 0.25) is 0 Å². The lowest BCUT2D eigenvalue weighted by Gasteiger charge is -2.30. The van der Waals surface area contributed by atoms with Crippen LogP contribution in [-0.2, 0) is 4.79 Å². The van der Waals surface area contributed by atoms with E-state index in [1.165, 1.54) is 0 Å². The Labute approximate surface area is 60.4 Å². The normalized spacial score (nSPS) is 33.7. The fourth-order valence-corrected chi connectivity index (χ4v) is 1.24. The molecule has 0 amide bonds. The number of piperidine rings is 1. The highest BCUT2D eigenvalue weighted by atomic mass is 16.4. The van der Waals surface area contributed by atoms with Gasteiger partial charge in [-0.3, -0.25) is 4.79 Å². The second-order valence-electron chi connectivity index (χ2n) is 3.02. The number of rotatable bonds is 1. The fourth-order valence-electron chi connectivity index (χ4n) is 1.24. The second kappa shape index (κ2) is 2.58. The highest BCUT2D eigenvalue weighted by Crippen LogP contribution is 2.18. The number of aliphatic carboxylic acids is 1. The Morgan fingerprint density at radius 1 is 1.60 bits per heavy atom. The van der Waals surface area contributed by atoms with Gasteiger partial charge in [0.25, 0.3) is 0 Å². The van der Waals surface area contributed by atoms with Gasteiger partial charge >= 0.3 is 5.97 Å². The molecule has 1 saturated heterocycles. The van der Waals surface area contributed by atoms with Gasteiger partial charge in [-0.05, 0) is 32.7 Å². The summed E-state index contributed by atoms with van der Waals surface area (Å²) in [4.78, 5) is 10.6. The van der Waals surface area contributed by atoms with Gasteiger partial charge in [-0.15, -0.1) is 0 Å². The van der Waals surface area contributed by atoms with E-state index in [-0.39, 0.29) is 0 Å². The van der Waals surface area contributed by atoms with Crippen LogP contribution in [0.4, 0.5) is 0 Å². The van der Waals surface area contributed by atoms with E-state index in [4.69, 9.17) is 5.11 Å². The van der Waals surface area contributed by atoms with Gasteiger partial charge < -0.3 is 10.4 Å². The van der Waals surface area contributed by atoms with Crippen LogP contribution >= 0.6 is 0 Å². The molecule has 0 saturated carbocycles. The number of hydrogen-bond acceptors (Lipinski definition) is 2. The summed E-state index contributed by atoms with van der Waals surface area (Å²) in [6.07, 6.45) is 2.88. The van der Waals surface area contributed by atoms with E-state index in [0.717, 1.165) is 25.8 Å². The van der Waals surface area contributed by atoms with Gasteiger partial charge in [-0.1, -0.05) is 0 Å². The Balaban J connectivity index is 2.56. The van der Waals surface area contributed by atoms with E-state index in [1.54, 1.807) is 6.92 Å². The van der Waals surface area contributed by atoms with Crippen LogP contribution in [0, 0.1) is 0 Å². The van der Waals surface area contributed by atoms with Crippen molar-refractivity contribution in [2.24, 2.45) is 0 Å². The quantitative estimate of drug-likeness (QED) is 0.565. The molecular formula is C7H13NO2. The van der Waals surface area contributed by atoms with E-state index >= 15 is 0 Å². The Bertz CT molecular complexity index is 139. The van der Waals surface area contributed by atoms with Gasteiger partial charge in [0.1, 0.15) is 5.54 Å². The molecule has 1 heterocycles. The first kappa shape index (κ1) is 7.54. The molecule has 1 unspecified atom stereocenters. The minimum Gasteiger partial charge on any atom is -0.480 e. The lowest BCUT2D eigenvalue weighted by molar-refractivity contribution is -0.145. The fraction of sp³-hybridized carbons (Fsp3) is 0.857. The summed E-state index contributed by atoms with van der Waals surface area (Å²) in [5, 5.41) is 11.7. The van der Waals surface area contributed by atoms with Gasteiger partial charge in [0.15, 0.2) is 0 Å². The van der Waals surface area contributed by atoms with Crippen molar-refractivity contribution in [1.82, 2.24) is 5.32 Å². The van der Waals surface area contributed by atoms with E-state index in [1.807, 2.05) is 0 Å². The maximum atomic E-state index is 10.6. The third-order valence-electron chi connectivity index (χ3n) is 2.09. The van der Waals surface area contributed by atoms with Crippen LogP contribution < -0.4 is 5.32 Å². The summed E-state index contributed by atoms with van der Waals surface area (Å²) in [7, 11) is 0. The molecule has 3 heteroatoms.